The molecule has 3 heteroatoms. The molecule has 0 aliphatic heterocycles. The smallest absolute Gasteiger partial charge is 0.249 e. The minimum atomic E-state index is -2.59. The molecule has 0 aromatic carbocycles. The Balaban J connectivity index is 2.60. The minimum Gasteiger partial charge on any atom is -0.303 e. The molecule has 10 heavy (non-hydrogen) atoms. The lowest BCUT2D eigenvalue weighted by molar-refractivity contribution is -0.112. The SMILES string of the molecule is CC1CC(F)(F)CC1C=O. The average molecular weight is 148 g/mol. The van der Waals surface area contributed by atoms with E-state index in [4.69, 9.17) is 0 Å². The Kier molecular flexibility index (Phi) is 1.75. The van der Waals surface area contributed by atoms with Crippen LogP contribution in [0, 0.1) is 11.8 Å². The summed E-state index contributed by atoms with van der Waals surface area (Å²) in [6.07, 6.45) is 0.264. The van der Waals surface area contributed by atoms with Crippen molar-refractivity contribution >= 4 is 6.29 Å². The number of aldehydes is 1. The second kappa shape index (κ2) is 2.29. The van der Waals surface area contributed by atoms with E-state index in [1.54, 1.807) is 6.92 Å². The van der Waals surface area contributed by atoms with Crippen molar-refractivity contribution in [1.82, 2.24) is 0 Å². The molecule has 2 atom stereocenters. The van der Waals surface area contributed by atoms with Gasteiger partial charge in [-0.25, -0.2) is 8.78 Å². The van der Waals surface area contributed by atoms with Crippen LogP contribution in [0.2, 0.25) is 0 Å². The average Bonchev–Trinajstić information content (AvgIpc) is 2.05. The molecule has 1 saturated carbocycles. The van der Waals surface area contributed by atoms with Crippen molar-refractivity contribution in [2.24, 2.45) is 11.8 Å². The van der Waals surface area contributed by atoms with Crippen LogP contribution in [0.5, 0.6) is 0 Å². The Morgan fingerprint density at radius 1 is 1.50 bits per heavy atom. The molecular weight excluding hydrogens is 138 g/mol. The number of alkyl halides is 2. The molecule has 0 bridgehead atoms. The Morgan fingerprint density at radius 2 is 2.10 bits per heavy atom. The Labute approximate surface area is 58.4 Å². The van der Waals surface area contributed by atoms with Crippen molar-refractivity contribution in [2.45, 2.75) is 25.7 Å². The van der Waals surface area contributed by atoms with Crippen molar-refractivity contribution in [1.29, 1.82) is 0 Å². The van der Waals surface area contributed by atoms with Gasteiger partial charge in [-0.05, 0) is 5.92 Å². The maximum atomic E-state index is 12.5. The summed E-state index contributed by atoms with van der Waals surface area (Å²) < 4.78 is 24.9. The summed E-state index contributed by atoms with van der Waals surface area (Å²) in [6, 6.07) is 0. The Hall–Kier alpha value is -0.470. The maximum Gasteiger partial charge on any atom is 0.249 e. The van der Waals surface area contributed by atoms with E-state index in [1.165, 1.54) is 0 Å². The molecule has 0 N–H and O–H groups in total. The molecule has 0 aromatic heterocycles. The third kappa shape index (κ3) is 1.33. The van der Waals surface area contributed by atoms with Crippen molar-refractivity contribution in [3.63, 3.8) is 0 Å². The van der Waals surface area contributed by atoms with E-state index < -0.39 is 11.8 Å². The van der Waals surface area contributed by atoms with E-state index in [0.717, 1.165) is 0 Å². The molecule has 1 aliphatic rings. The van der Waals surface area contributed by atoms with Crippen LogP contribution in [0.3, 0.4) is 0 Å². The van der Waals surface area contributed by atoms with Crippen LogP contribution >= 0.6 is 0 Å². The summed E-state index contributed by atoms with van der Waals surface area (Å²) in [5, 5.41) is 0. The van der Waals surface area contributed by atoms with E-state index in [-0.39, 0.29) is 18.8 Å². The van der Waals surface area contributed by atoms with Gasteiger partial charge in [-0.2, -0.15) is 0 Å². The molecule has 0 heterocycles. The van der Waals surface area contributed by atoms with E-state index in [2.05, 4.69) is 0 Å². The summed E-state index contributed by atoms with van der Waals surface area (Å²) in [4.78, 5) is 10.2. The topological polar surface area (TPSA) is 17.1 Å². The first-order valence-corrected chi connectivity index (χ1v) is 3.38. The van der Waals surface area contributed by atoms with Crippen LogP contribution in [0.1, 0.15) is 19.8 Å². The molecule has 1 rings (SSSR count). The number of carbonyl (C=O) groups excluding carboxylic acids is 1. The number of rotatable bonds is 1. The third-order valence-electron chi connectivity index (χ3n) is 2.06. The first-order chi connectivity index (χ1) is 4.55. The lowest BCUT2D eigenvalue weighted by Crippen LogP contribution is -2.09. The highest BCUT2D eigenvalue weighted by atomic mass is 19.3. The zero-order valence-corrected chi connectivity index (χ0v) is 5.81. The first-order valence-electron chi connectivity index (χ1n) is 3.38. The quantitative estimate of drug-likeness (QED) is 0.519. The maximum absolute atomic E-state index is 12.5. The molecule has 1 nitrogen and oxygen atoms in total. The second-order valence-corrected chi connectivity index (χ2v) is 3.04. The summed E-state index contributed by atoms with van der Waals surface area (Å²) in [5.41, 5.74) is 0. The van der Waals surface area contributed by atoms with E-state index >= 15 is 0 Å². The fourth-order valence-electron chi connectivity index (χ4n) is 1.43. The van der Waals surface area contributed by atoms with Gasteiger partial charge in [0.05, 0.1) is 0 Å². The van der Waals surface area contributed by atoms with Crippen molar-refractivity contribution < 1.29 is 13.6 Å². The molecular formula is C7H10F2O. The third-order valence-corrected chi connectivity index (χ3v) is 2.06. The number of hydrogen-bond donors (Lipinski definition) is 0. The van der Waals surface area contributed by atoms with Gasteiger partial charge in [0.15, 0.2) is 0 Å². The summed E-state index contributed by atoms with van der Waals surface area (Å²) in [5.74, 6) is -3.16. The van der Waals surface area contributed by atoms with Crippen molar-refractivity contribution in [2.75, 3.05) is 0 Å². The van der Waals surface area contributed by atoms with Gasteiger partial charge in [-0.15, -0.1) is 0 Å². The number of carbonyl (C=O) groups is 1. The van der Waals surface area contributed by atoms with Gasteiger partial charge in [0, 0.05) is 18.8 Å². The molecule has 0 amide bonds. The van der Waals surface area contributed by atoms with Crippen LogP contribution in [-0.4, -0.2) is 12.2 Å². The van der Waals surface area contributed by atoms with Gasteiger partial charge in [0.2, 0.25) is 5.92 Å². The van der Waals surface area contributed by atoms with Crippen LogP contribution < -0.4 is 0 Å². The standard InChI is InChI=1S/C7H10F2O/c1-5-2-7(8,9)3-6(5)4-10/h4-6H,2-3H2,1H3. The first kappa shape index (κ1) is 7.63. The fourth-order valence-corrected chi connectivity index (χ4v) is 1.43. The number of hydrogen-bond acceptors (Lipinski definition) is 1. The zero-order chi connectivity index (χ0) is 7.78. The molecule has 0 spiro atoms. The van der Waals surface area contributed by atoms with Crippen LogP contribution in [0.4, 0.5) is 8.78 Å². The molecule has 58 valence electrons. The highest BCUT2D eigenvalue weighted by molar-refractivity contribution is 5.54. The summed E-state index contributed by atoms with van der Waals surface area (Å²) in [7, 11) is 0. The highest BCUT2D eigenvalue weighted by Gasteiger charge is 2.43. The molecule has 0 aromatic rings. The van der Waals surface area contributed by atoms with Crippen LogP contribution in [-0.2, 0) is 4.79 Å². The highest BCUT2D eigenvalue weighted by Crippen LogP contribution is 2.41. The van der Waals surface area contributed by atoms with Gasteiger partial charge in [0.1, 0.15) is 6.29 Å². The van der Waals surface area contributed by atoms with Crippen molar-refractivity contribution in [3.8, 4) is 0 Å². The summed E-state index contributed by atoms with van der Waals surface area (Å²) >= 11 is 0. The molecule has 2 unspecified atom stereocenters. The predicted octanol–water partition coefficient (Wildman–Crippen LogP) is 1.87. The summed E-state index contributed by atoms with van der Waals surface area (Å²) in [6.45, 7) is 1.69. The largest absolute Gasteiger partial charge is 0.303 e. The van der Waals surface area contributed by atoms with Gasteiger partial charge < -0.3 is 4.79 Å². The number of halogens is 2. The van der Waals surface area contributed by atoms with Crippen LogP contribution in [0.15, 0.2) is 0 Å². The Bertz CT molecular complexity index is 145. The normalized spacial score (nSPS) is 37.9. The molecule has 1 aliphatic carbocycles. The monoisotopic (exact) mass is 148 g/mol. The lowest BCUT2D eigenvalue weighted by atomic mass is 10.0. The second-order valence-electron chi connectivity index (χ2n) is 3.04. The van der Waals surface area contributed by atoms with Gasteiger partial charge in [-0.1, -0.05) is 6.92 Å². The fraction of sp³-hybridized carbons (Fsp3) is 0.857. The van der Waals surface area contributed by atoms with E-state index in [1.807, 2.05) is 0 Å². The lowest BCUT2D eigenvalue weighted by Gasteiger charge is -2.04. The minimum absolute atomic E-state index is 0.129. The zero-order valence-electron chi connectivity index (χ0n) is 5.81. The molecule has 0 radical (unpaired) electrons. The van der Waals surface area contributed by atoms with Gasteiger partial charge in [0.25, 0.3) is 0 Å². The van der Waals surface area contributed by atoms with Gasteiger partial charge >= 0.3 is 0 Å². The van der Waals surface area contributed by atoms with Gasteiger partial charge in [-0.3, -0.25) is 0 Å². The van der Waals surface area contributed by atoms with E-state index in [9.17, 15) is 13.6 Å². The van der Waals surface area contributed by atoms with Crippen molar-refractivity contribution in [3.05, 3.63) is 0 Å². The molecule has 1 fully saturated rings. The van der Waals surface area contributed by atoms with Crippen LogP contribution in [0.25, 0.3) is 0 Å². The Morgan fingerprint density at radius 3 is 2.30 bits per heavy atom. The van der Waals surface area contributed by atoms with E-state index in [0.29, 0.717) is 6.29 Å². The predicted molar refractivity (Wildman–Crippen MR) is 32.9 cm³/mol. The molecule has 0 saturated heterocycles.